The maximum atomic E-state index is 13.4. The van der Waals surface area contributed by atoms with E-state index >= 15 is 0 Å². The summed E-state index contributed by atoms with van der Waals surface area (Å²) in [7, 11) is 0. The Kier molecular flexibility index (Phi) is 5.11. The Bertz CT molecular complexity index is 1160. The third kappa shape index (κ3) is 3.63. The van der Waals surface area contributed by atoms with Gasteiger partial charge in [-0.05, 0) is 54.8 Å². The third-order valence-electron chi connectivity index (χ3n) is 4.46. The number of halogens is 1. The van der Waals surface area contributed by atoms with Crippen molar-refractivity contribution in [2.75, 3.05) is 4.90 Å². The highest BCUT2D eigenvalue weighted by Gasteiger charge is 2.24. The van der Waals surface area contributed by atoms with Crippen molar-refractivity contribution in [2.24, 2.45) is 0 Å². The smallest absolute Gasteiger partial charge is 0.261 e. The fourth-order valence-corrected chi connectivity index (χ4v) is 4.51. The maximum absolute atomic E-state index is 13.4. The van der Waals surface area contributed by atoms with Gasteiger partial charge in [-0.15, -0.1) is 0 Å². The number of carbonyl (C=O) groups excluding carboxylic acids is 1. The van der Waals surface area contributed by atoms with Crippen LogP contribution in [-0.4, -0.2) is 15.9 Å². The van der Waals surface area contributed by atoms with Crippen LogP contribution in [0.25, 0.3) is 10.2 Å². The molecule has 0 fully saturated rings. The molecule has 0 saturated heterocycles. The highest BCUT2D eigenvalue weighted by atomic mass is 35.5. The molecule has 2 aromatic heterocycles. The van der Waals surface area contributed by atoms with E-state index < -0.39 is 0 Å². The summed E-state index contributed by atoms with van der Waals surface area (Å²) in [6.45, 7) is 4.48. The van der Waals surface area contributed by atoms with Gasteiger partial charge in [-0.25, -0.2) is 4.98 Å². The third-order valence-corrected chi connectivity index (χ3v) is 5.82. The minimum atomic E-state index is -0.178. The summed E-state index contributed by atoms with van der Waals surface area (Å²) < 4.78 is 1.07. The van der Waals surface area contributed by atoms with Crippen molar-refractivity contribution in [3.05, 3.63) is 88.2 Å². The lowest BCUT2D eigenvalue weighted by Gasteiger charge is -2.20. The maximum Gasteiger partial charge on any atom is 0.261 e. The lowest BCUT2D eigenvalue weighted by molar-refractivity contribution is 0.0985. The number of fused-ring (bicyclic) bond motifs is 1. The predicted molar refractivity (Wildman–Crippen MR) is 115 cm³/mol. The number of thiazole rings is 1. The highest BCUT2D eigenvalue weighted by molar-refractivity contribution is 7.22. The topological polar surface area (TPSA) is 46.1 Å². The number of aromatic nitrogens is 2. The first-order valence-corrected chi connectivity index (χ1v) is 10.1. The zero-order valence-electron chi connectivity index (χ0n) is 15.5. The molecule has 0 unspecified atom stereocenters. The van der Waals surface area contributed by atoms with Crippen molar-refractivity contribution in [2.45, 2.75) is 20.4 Å². The second-order valence-electron chi connectivity index (χ2n) is 6.66. The Labute approximate surface area is 172 Å². The van der Waals surface area contributed by atoms with Crippen LogP contribution < -0.4 is 4.90 Å². The van der Waals surface area contributed by atoms with E-state index in [1.165, 1.54) is 16.9 Å². The van der Waals surface area contributed by atoms with Gasteiger partial charge in [-0.3, -0.25) is 14.7 Å². The number of pyridine rings is 1. The molecule has 4 aromatic rings. The first-order chi connectivity index (χ1) is 13.5. The SMILES string of the molecule is Cc1cc(C)c2nc(N(Cc3cccnc3)C(=O)c3ccccc3Cl)sc2c1. The number of amides is 1. The van der Waals surface area contributed by atoms with Crippen LogP contribution in [0.2, 0.25) is 5.02 Å². The Morgan fingerprint density at radius 1 is 1.14 bits per heavy atom. The molecule has 6 heteroatoms. The highest BCUT2D eigenvalue weighted by Crippen LogP contribution is 2.33. The fraction of sp³-hybridized carbons (Fsp3) is 0.136. The predicted octanol–water partition coefficient (Wildman–Crippen LogP) is 5.81. The summed E-state index contributed by atoms with van der Waals surface area (Å²) >= 11 is 7.81. The lowest BCUT2D eigenvalue weighted by Crippen LogP contribution is -2.30. The van der Waals surface area contributed by atoms with E-state index in [1.807, 2.05) is 31.2 Å². The van der Waals surface area contributed by atoms with Gasteiger partial charge in [-0.2, -0.15) is 0 Å². The summed E-state index contributed by atoms with van der Waals surface area (Å²) in [4.78, 5) is 24.0. The first-order valence-electron chi connectivity index (χ1n) is 8.86. The van der Waals surface area contributed by atoms with Crippen LogP contribution in [0.15, 0.2) is 60.9 Å². The van der Waals surface area contributed by atoms with Gasteiger partial charge >= 0.3 is 0 Å². The molecular weight excluding hydrogens is 390 g/mol. The van der Waals surface area contributed by atoms with E-state index in [1.54, 1.807) is 29.4 Å². The van der Waals surface area contributed by atoms with E-state index in [0.717, 1.165) is 21.3 Å². The van der Waals surface area contributed by atoms with Crippen molar-refractivity contribution in [1.82, 2.24) is 9.97 Å². The van der Waals surface area contributed by atoms with Crippen LogP contribution in [-0.2, 0) is 6.54 Å². The number of hydrogen-bond donors (Lipinski definition) is 0. The van der Waals surface area contributed by atoms with Crippen molar-refractivity contribution in [3.8, 4) is 0 Å². The zero-order chi connectivity index (χ0) is 19.7. The summed E-state index contributed by atoms with van der Waals surface area (Å²) in [5.74, 6) is -0.178. The summed E-state index contributed by atoms with van der Waals surface area (Å²) in [5.41, 5.74) is 4.59. The lowest BCUT2D eigenvalue weighted by atomic mass is 10.1. The van der Waals surface area contributed by atoms with Crippen molar-refractivity contribution in [3.63, 3.8) is 0 Å². The number of rotatable bonds is 4. The average molecular weight is 408 g/mol. The molecule has 0 aliphatic heterocycles. The molecule has 4 rings (SSSR count). The van der Waals surface area contributed by atoms with Crippen LogP contribution in [0, 0.1) is 13.8 Å². The van der Waals surface area contributed by atoms with Crippen LogP contribution in [0.3, 0.4) is 0 Å². The fourth-order valence-electron chi connectivity index (χ4n) is 3.15. The molecule has 2 heterocycles. The Balaban J connectivity index is 1.82. The molecule has 0 bridgehead atoms. The van der Waals surface area contributed by atoms with Gasteiger partial charge in [0.2, 0.25) is 0 Å². The molecule has 0 saturated carbocycles. The van der Waals surface area contributed by atoms with Gasteiger partial charge in [0, 0.05) is 12.4 Å². The monoisotopic (exact) mass is 407 g/mol. The number of anilines is 1. The number of hydrogen-bond acceptors (Lipinski definition) is 4. The molecule has 0 aliphatic carbocycles. The van der Waals surface area contributed by atoms with Crippen molar-refractivity contribution >= 4 is 44.2 Å². The van der Waals surface area contributed by atoms with Gasteiger partial charge < -0.3 is 0 Å². The number of nitrogens with zero attached hydrogens (tertiary/aromatic N) is 3. The van der Waals surface area contributed by atoms with Gasteiger partial charge in [-0.1, -0.05) is 47.2 Å². The Morgan fingerprint density at radius 3 is 2.71 bits per heavy atom. The van der Waals surface area contributed by atoms with Gasteiger partial charge in [0.15, 0.2) is 5.13 Å². The molecule has 0 aliphatic rings. The molecule has 4 nitrogen and oxygen atoms in total. The van der Waals surface area contributed by atoms with Gasteiger partial charge in [0.25, 0.3) is 5.91 Å². The summed E-state index contributed by atoms with van der Waals surface area (Å²) in [6, 6.07) is 15.1. The molecule has 0 radical (unpaired) electrons. The van der Waals surface area contributed by atoms with E-state index in [-0.39, 0.29) is 5.91 Å². The van der Waals surface area contributed by atoms with Crippen molar-refractivity contribution < 1.29 is 4.79 Å². The average Bonchev–Trinajstić information content (AvgIpc) is 3.11. The standard InChI is InChI=1S/C22H18ClN3OS/c1-14-10-15(2)20-19(11-14)28-22(25-20)26(13-16-6-5-9-24-12-16)21(27)17-7-3-4-8-18(17)23/h3-12H,13H2,1-2H3. The van der Waals surface area contributed by atoms with Crippen LogP contribution in [0.4, 0.5) is 5.13 Å². The zero-order valence-corrected chi connectivity index (χ0v) is 17.1. The van der Waals surface area contributed by atoms with E-state index in [4.69, 9.17) is 16.6 Å². The second kappa shape index (κ2) is 7.70. The number of benzene rings is 2. The van der Waals surface area contributed by atoms with Gasteiger partial charge in [0.05, 0.1) is 27.3 Å². The van der Waals surface area contributed by atoms with E-state index in [9.17, 15) is 4.79 Å². The number of carbonyl (C=O) groups is 1. The van der Waals surface area contributed by atoms with Crippen LogP contribution in [0.5, 0.6) is 0 Å². The van der Waals surface area contributed by atoms with Crippen LogP contribution in [0.1, 0.15) is 27.0 Å². The molecular formula is C22H18ClN3OS. The quantitative estimate of drug-likeness (QED) is 0.429. The molecule has 0 N–H and O–H groups in total. The second-order valence-corrected chi connectivity index (χ2v) is 8.07. The first kappa shape index (κ1) is 18.6. The molecule has 1 amide bonds. The van der Waals surface area contributed by atoms with E-state index in [2.05, 4.69) is 24.0 Å². The molecule has 28 heavy (non-hydrogen) atoms. The Morgan fingerprint density at radius 2 is 1.96 bits per heavy atom. The molecule has 140 valence electrons. The molecule has 2 aromatic carbocycles. The van der Waals surface area contributed by atoms with E-state index in [0.29, 0.717) is 22.3 Å². The summed E-state index contributed by atoms with van der Waals surface area (Å²) in [6.07, 6.45) is 3.48. The summed E-state index contributed by atoms with van der Waals surface area (Å²) in [5, 5.41) is 1.08. The number of aryl methyl sites for hydroxylation is 2. The molecule has 0 atom stereocenters. The van der Waals surface area contributed by atoms with Crippen LogP contribution >= 0.6 is 22.9 Å². The Hall–Kier alpha value is -2.76. The largest absolute Gasteiger partial charge is 0.279 e. The van der Waals surface area contributed by atoms with Crippen molar-refractivity contribution in [1.29, 1.82) is 0 Å². The minimum Gasteiger partial charge on any atom is -0.279 e. The van der Waals surface area contributed by atoms with Gasteiger partial charge in [0.1, 0.15) is 0 Å². The molecule has 0 spiro atoms. The minimum absolute atomic E-state index is 0.178. The normalized spacial score (nSPS) is 11.0.